The van der Waals surface area contributed by atoms with E-state index < -0.39 is 27.2 Å². The highest BCUT2D eigenvalue weighted by Gasteiger charge is 2.23. The summed E-state index contributed by atoms with van der Waals surface area (Å²) in [5.74, 6) is -1.05. The average Bonchev–Trinajstić information content (AvgIpc) is 3.00. The summed E-state index contributed by atoms with van der Waals surface area (Å²) in [6.45, 7) is 5.23. The third-order valence-corrected chi connectivity index (χ3v) is 5.34. The van der Waals surface area contributed by atoms with Gasteiger partial charge in [0, 0.05) is 23.6 Å². The van der Waals surface area contributed by atoms with Gasteiger partial charge in [0.25, 0.3) is 5.89 Å². The van der Waals surface area contributed by atoms with Crippen LogP contribution in [0, 0.1) is 11.6 Å². The van der Waals surface area contributed by atoms with Crippen molar-refractivity contribution >= 4 is 10.0 Å². The highest BCUT2D eigenvalue weighted by atomic mass is 32.2. The van der Waals surface area contributed by atoms with Crippen molar-refractivity contribution < 1.29 is 21.7 Å². The van der Waals surface area contributed by atoms with Gasteiger partial charge in [0.05, 0.1) is 4.90 Å². The van der Waals surface area contributed by atoms with Gasteiger partial charge in [0.1, 0.15) is 11.6 Å². The fourth-order valence-corrected chi connectivity index (χ4v) is 4.06. The Morgan fingerprint density at radius 3 is 2.39 bits per heavy atom. The minimum Gasteiger partial charge on any atom is -0.334 e. The molecule has 0 saturated heterocycles. The summed E-state index contributed by atoms with van der Waals surface area (Å²) in [7, 11) is -3.72. The lowest BCUT2D eigenvalue weighted by Crippen LogP contribution is -2.40. The molecule has 0 atom stereocenters. The van der Waals surface area contributed by atoms with Crippen LogP contribution in [0.25, 0.3) is 11.5 Å². The fourth-order valence-electron chi connectivity index (χ4n) is 2.60. The first-order valence-corrected chi connectivity index (χ1v) is 9.92. The Labute approximate surface area is 161 Å². The number of hydrogen-bond acceptors (Lipinski definition) is 5. The van der Waals surface area contributed by atoms with Crippen molar-refractivity contribution in [2.75, 3.05) is 0 Å². The molecule has 0 bridgehead atoms. The Kier molecular flexibility index (Phi) is 5.31. The Bertz CT molecular complexity index is 1090. The van der Waals surface area contributed by atoms with E-state index in [0.29, 0.717) is 11.1 Å². The van der Waals surface area contributed by atoms with Crippen molar-refractivity contribution in [1.29, 1.82) is 0 Å². The van der Waals surface area contributed by atoms with Crippen molar-refractivity contribution in [2.45, 2.75) is 37.6 Å². The number of nitrogens with zero attached hydrogens (tertiary/aromatic N) is 2. The number of benzene rings is 2. The number of sulfonamides is 1. The Balaban J connectivity index is 1.85. The molecule has 0 aliphatic heterocycles. The molecule has 1 heterocycles. The first-order chi connectivity index (χ1) is 13.0. The summed E-state index contributed by atoms with van der Waals surface area (Å²) in [4.78, 5) is 4.26. The molecule has 148 valence electrons. The van der Waals surface area contributed by atoms with Crippen LogP contribution in [-0.4, -0.2) is 24.1 Å². The molecule has 0 amide bonds. The molecule has 0 fully saturated rings. The van der Waals surface area contributed by atoms with Gasteiger partial charge in [-0.2, -0.15) is 4.98 Å². The predicted octanol–water partition coefficient (Wildman–Crippen LogP) is 3.68. The van der Waals surface area contributed by atoms with Crippen molar-refractivity contribution in [3.8, 4) is 11.5 Å². The lowest BCUT2D eigenvalue weighted by atomic mass is 10.1. The monoisotopic (exact) mass is 407 g/mol. The molecule has 3 aromatic rings. The zero-order valence-electron chi connectivity index (χ0n) is 15.5. The summed E-state index contributed by atoms with van der Waals surface area (Å²) >= 11 is 0. The normalized spacial score (nSPS) is 12.3. The van der Waals surface area contributed by atoms with E-state index in [4.69, 9.17) is 4.52 Å². The standard InChI is InChI=1S/C19H19F2N3O3S/c1-19(2,3)24-28(25,26)16-6-4-5-13(10-16)18-22-17(23-27-18)9-12-7-14(20)11-15(21)8-12/h4-8,10-11,24H,9H2,1-3H3. The minimum atomic E-state index is -3.72. The maximum Gasteiger partial charge on any atom is 0.257 e. The molecule has 0 aliphatic carbocycles. The van der Waals surface area contributed by atoms with Crippen molar-refractivity contribution in [3.63, 3.8) is 0 Å². The molecule has 0 radical (unpaired) electrons. The fraction of sp³-hybridized carbons (Fsp3) is 0.263. The van der Waals surface area contributed by atoms with Crippen LogP contribution in [0.1, 0.15) is 32.2 Å². The lowest BCUT2D eigenvalue weighted by molar-refractivity contribution is 0.423. The molecule has 3 rings (SSSR count). The molecule has 0 saturated carbocycles. The summed E-state index contributed by atoms with van der Waals surface area (Å²) in [5.41, 5.74) is 0.142. The van der Waals surface area contributed by atoms with E-state index in [1.807, 2.05) is 0 Å². The summed E-state index contributed by atoms with van der Waals surface area (Å²) in [6.07, 6.45) is 0.0712. The maximum absolute atomic E-state index is 13.3. The third kappa shape index (κ3) is 4.99. The minimum absolute atomic E-state index is 0.0619. The second-order valence-corrected chi connectivity index (χ2v) is 9.04. The van der Waals surface area contributed by atoms with E-state index in [0.717, 1.165) is 6.07 Å². The molecule has 1 N–H and O–H groups in total. The van der Waals surface area contributed by atoms with E-state index in [9.17, 15) is 17.2 Å². The average molecular weight is 407 g/mol. The molecular weight excluding hydrogens is 388 g/mol. The second kappa shape index (κ2) is 7.40. The SMILES string of the molecule is CC(C)(C)NS(=O)(=O)c1cccc(-c2nc(Cc3cc(F)cc(F)c3)no2)c1. The van der Waals surface area contributed by atoms with E-state index in [-0.39, 0.29) is 23.0 Å². The van der Waals surface area contributed by atoms with Gasteiger partial charge in [-0.25, -0.2) is 21.9 Å². The van der Waals surface area contributed by atoms with Crippen LogP contribution in [0.4, 0.5) is 8.78 Å². The van der Waals surface area contributed by atoms with E-state index in [2.05, 4.69) is 14.9 Å². The van der Waals surface area contributed by atoms with Crippen LogP contribution in [0.3, 0.4) is 0 Å². The smallest absolute Gasteiger partial charge is 0.257 e. The van der Waals surface area contributed by atoms with E-state index >= 15 is 0 Å². The topological polar surface area (TPSA) is 85.1 Å². The van der Waals surface area contributed by atoms with Crippen molar-refractivity contribution in [2.24, 2.45) is 0 Å². The largest absolute Gasteiger partial charge is 0.334 e. The van der Waals surface area contributed by atoms with E-state index in [1.54, 1.807) is 32.9 Å². The Morgan fingerprint density at radius 1 is 1.07 bits per heavy atom. The van der Waals surface area contributed by atoms with Gasteiger partial charge in [-0.1, -0.05) is 11.2 Å². The maximum atomic E-state index is 13.3. The highest BCUT2D eigenvalue weighted by molar-refractivity contribution is 7.89. The van der Waals surface area contributed by atoms with Gasteiger partial charge in [-0.05, 0) is 56.7 Å². The molecule has 28 heavy (non-hydrogen) atoms. The van der Waals surface area contributed by atoms with Gasteiger partial charge < -0.3 is 4.52 Å². The zero-order valence-corrected chi connectivity index (χ0v) is 16.3. The molecule has 2 aromatic carbocycles. The van der Waals surface area contributed by atoms with Gasteiger partial charge in [-0.3, -0.25) is 0 Å². The van der Waals surface area contributed by atoms with Gasteiger partial charge in [0.2, 0.25) is 10.0 Å². The van der Waals surface area contributed by atoms with Gasteiger partial charge >= 0.3 is 0 Å². The number of halogens is 2. The second-order valence-electron chi connectivity index (χ2n) is 7.35. The number of aromatic nitrogens is 2. The van der Waals surface area contributed by atoms with Crippen LogP contribution < -0.4 is 4.72 Å². The molecular formula is C19H19F2N3O3S. The summed E-state index contributed by atoms with van der Waals surface area (Å²) in [6, 6.07) is 9.24. The number of rotatable bonds is 5. The van der Waals surface area contributed by atoms with Crippen LogP contribution in [0.2, 0.25) is 0 Å². The van der Waals surface area contributed by atoms with E-state index in [1.165, 1.54) is 24.3 Å². The number of nitrogens with one attached hydrogen (secondary N) is 1. The van der Waals surface area contributed by atoms with Crippen molar-refractivity contribution in [3.05, 3.63) is 65.5 Å². The van der Waals surface area contributed by atoms with Crippen LogP contribution in [0.5, 0.6) is 0 Å². The first-order valence-electron chi connectivity index (χ1n) is 8.44. The van der Waals surface area contributed by atoms with Gasteiger partial charge in [-0.15, -0.1) is 0 Å². The Morgan fingerprint density at radius 2 is 1.75 bits per heavy atom. The zero-order chi connectivity index (χ0) is 20.5. The summed E-state index contributed by atoms with van der Waals surface area (Å²) in [5, 5.41) is 3.80. The molecule has 0 spiro atoms. The molecule has 1 aromatic heterocycles. The quantitative estimate of drug-likeness (QED) is 0.697. The van der Waals surface area contributed by atoms with Crippen molar-refractivity contribution in [1.82, 2.24) is 14.9 Å². The third-order valence-electron chi connectivity index (χ3n) is 3.58. The Hall–Kier alpha value is -2.65. The molecule has 0 aliphatic rings. The molecule has 6 nitrogen and oxygen atoms in total. The summed E-state index contributed by atoms with van der Waals surface area (Å²) < 4.78 is 59.4. The lowest BCUT2D eigenvalue weighted by Gasteiger charge is -2.20. The van der Waals surface area contributed by atoms with Crippen LogP contribution >= 0.6 is 0 Å². The molecule has 0 unspecified atom stereocenters. The predicted molar refractivity (Wildman–Crippen MR) is 99.0 cm³/mol. The van der Waals surface area contributed by atoms with Crippen LogP contribution in [-0.2, 0) is 16.4 Å². The number of hydrogen-bond donors (Lipinski definition) is 1. The first kappa shape index (κ1) is 20.1. The van der Waals surface area contributed by atoms with Crippen LogP contribution in [0.15, 0.2) is 51.9 Å². The highest BCUT2D eigenvalue weighted by Crippen LogP contribution is 2.22. The molecule has 9 heteroatoms. The van der Waals surface area contributed by atoms with Gasteiger partial charge in [0.15, 0.2) is 5.82 Å².